The molecule has 5 nitrogen and oxygen atoms in total. The van der Waals surface area contributed by atoms with E-state index < -0.39 is 31.0 Å². The molecule has 0 aliphatic carbocycles. The molecular formula is C24H46O5S. The molecule has 30 heavy (non-hydrogen) atoms. The van der Waals surface area contributed by atoms with Crippen molar-refractivity contribution in [3.05, 3.63) is 0 Å². The Morgan fingerprint density at radius 2 is 1.37 bits per heavy atom. The van der Waals surface area contributed by atoms with Crippen molar-refractivity contribution in [1.29, 1.82) is 0 Å². The molecule has 0 aromatic heterocycles. The fourth-order valence-corrected chi connectivity index (χ4v) is 4.30. The number of aliphatic hydroxyl groups excluding tert-OH is 3. The molecule has 0 aromatic rings. The Kier molecular flexibility index (Phi) is 17.0. The van der Waals surface area contributed by atoms with Gasteiger partial charge in [-0.05, 0) is 18.6 Å². The summed E-state index contributed by atoms with van der Waals surface area (Å²) in [6, 6.07) is 0. The maximum absolute atomic E-state index is 10.1. The molecule has 0 unspecified atom stereocenters. The highest BCUT2D eigenvalue weighted by Crippen LogP contribution is 2.21. The van der Waals surface area contributed by atoms with Crippen LogP contribution in [0.3, 0.4) is 0 Å². The fraction of sp³-hybridized carbons (Fsp3) is 0.958. The summed E-state index contributed by atoms with van der Waals surface area (Å²) < 4.78 is 10.9. The number of rotatable bonds is 19. The van der Waals surface area contributed by atoms with Crippen LogP contribution in [0.15, 0.2) is 0 Å². The smallest absolute Gasteiger partial charge is 0.160 e. The molecular weight excluding hydrogens is 400 g/mol. The van der Waals surface area contributed by atoms with Gasteiger partial charge in [0.05, 0.1) is 13.2 Å². The second-order valence-electron chi connectivity index (χ2n) is 8.77. The molecule has 1 aliphatic heterocycles. The van der Waals surface area contributed by atoms with E-state index in [0.29, 0.717) is 11.5 Å². The second kappa shape index (κ2) is 18.3. The van der Waals surface area contributed by atoms with Gasteiger partial charge in [-0.2, -0.15) is 0 Å². The summed E-state index contributed by atoms with van der Waals surface area (Å²) in [7, 11) is 0. The van der Waals surface area contributed by atoms with Gasteiger partial charge in [0.15, 0.2) is 11.2 Å². The number of aliphatic hydroxyl groups is 3. The molecule has 1 rings (SSSR count). The molecule has 1 aliphatic rings. The van der Waals surface area contributed by atoms with Crippen molar-refractivity contribution >= 4 is 17.3 Å². The van der Waals surface area contributed by atoms with Crippen molar-refractivity contribution in [2.45, 2.75) is 134 Å². The first-order valence-corrected chi connectivity index (χ1v) is 12.8. The summed E-state index contributed by atoms with van der Waals surface area (Å²) in [4.78, 5) is 0. The lowest BCUT2D eigenvalue weighted by molar-refractivity contribution is -0.0679. The Morgan fingerprint density at radius 1 is 0.900 bits per heavy atom. The monoisotopic (exact) mass is 446 g/mol. The summed E-state index contributed by atoms with van der Waals surface area (Å²) in [5.74, 6) is 0. The molecule has 0 bridgehead atoms. The van der Waals surface area contributed by atoms with Crippen LogP contribution < -0.4 is 0 Å². The minimum atomic E-state index is -1.10. The molecule has 1 saturated heterocycles. The van der Waals surface area contributed by atoms with Gasteiger partial charge in [-0.3, -0.25) is 0 Å². The Balaban J connectivity index is 1.87. The van der Waals surface area contributed by atoms with Crippen LogP contribution in [0.4, 0.5) is 0 Å². The normalized spacial score (nSPS) is 22.3. The first kappa shape index (κ1) is 27.8. The Hall–Kier alpha value is -0.270. The van der Waals surface area contributed by atoms with Gasteiger partial charge in [0.25, 0.3) is 0 Å². The van der Waals surface area contributed by atoms with E-state index in [2.05, 4.69) is 6.92 Å². The SMILES string of the molecule is CCCCCCCCCCCCCCCCCC(=S)O[C@H]1CO[C@@H]([C@H](O)CO)[C@H]1O. The minimum absolute atomic E-state index is 0.182. The molecule has 6 heteroatoms. The predicted molar refractivity (Wildman–Crippen MR) is 126 cm³/mol. The van der Waals surface area contributed by atoms with E-state index in [1.165, 1.54) is 83.5 Å². The Labute approximate surface area is 189 Å². The minimum Gasteiger partial charge on any atom is -0.479 e. The first-order valence-electron chi connectivity index (χ1n) is 12.4. The van der Waals surface area contributed by atoms with Gasteiger partial charge in [0, 0.05) is 6.42 Å². The summed E-state index contributed by atoms with van der Waals surface area (Å²) in [5.41, 5.74) is 0. The van der Waals surface area contributed by atoms with Gasteiger partial charge >= 0.3 is 0 Å². The molecule has 0 spiro atoms. The zero-order valence-corrected chi connectivity index (χ0v) is 19.9. The third kappa shape index (κ3) is 12.6. The highest BCUT2D eigenvalue weighted by atomic mass is 32.1. The molecule has 0 saturated carbocycles. The molecule has 4 atom stereocenters. The number of hydrogen-bond donors (Lipinski definition) is 3. The van der Waals surface area contributed by atoms with Crippen LogP contribution in [0.1, 0.15) is 110 Å². The van der Waals surface area contributed by atoms with E-state index in [1.54, 1.807) is 0 Å². The zero-order chi connectivity index (χ0) is 22.0. The first-order chi connectivity index (χ1) is 14.6. The van der Waals surface area contributed by atoms with E-state index in [4.69, 9.17) is 26.8 Å². The third-order valence-electron chi connectivity index (χ3n) is 6.00. The van der Waals surface area contributed by atoms with Crippen LogP contribution in [0.5, 0.6) is 0 Å². The maximum atomic E-state index is 10.1. The number of thiocarbonyl (C=S) groups is 1. The van der Waals surface area contributed by atoms with Crippen LogP contribution in [0.2, 0.25) is 0 Å². The Morgan fingerprint density at radius 3 is 1.83 bits per heavy atom. The zero-order valence-electron chi connectivity index (χ0n) is 19.1. The van der Waals surface area contributed by atoms with Crippen molar-refractivity contribution in [2.75, 3.05) is 13.2 Å². The van der Waals surface area contributed by atoms with Crippen LogP contribution in [-0.2, 0) is 9.47 Å². The summed E-state index contributed by atoms with van der Waals surface area (Å²) >= 11 is 5.28. The summed E-state index contributed by atoms with van der Waals surface area (Å²) in [5, 5.41) is 29.2. The van der Waals surface area contributed by atoms with E-state index in [0.717, 1.165) is 12.8 Å². The molecule has 0 aromatic carbocycles. The summed E-state index contributed by atoms with van der Waals surface area (Å²) in [6.45, 7) is 2.01. The quantitative estimate of drug-likeness (QED) is 0.190. The van der Waals surface area contributed by atoms with Gasteiger partial charge in [-0.25, -0.2) is 0 Å². The Bertz CT molecular complexity index is 420. The second-order valence-corrected chi connectivity index (χ2v) is 9.22. The van der Waals surface area contributed by atoms with Crippen molar-refractivity contribution in [1.82, 2.24) is 0 Å². The van der Waals surface area contributed by atoms with Gasteiger partial charge in [-0.15, -0.1) is 0 Å². The highest BCUT2D eigenvalue weighted by molar-refractivity contribution is 7.80. The molecule has 0 radical (unpaired) electrons. The van der Waals surface area contributed by atoms with Gasteiger partial charge in [-0.1, -0.05) is 96.8 Å². The van der Waals surface area contributed by atoms with Crippen molar-refractivity contribution in [2.24, 2.45) is 0 Å². The van der Waals surface area contributed by atoms with Crippen LogP contribution in [0.25, 0.3) is 0 Å². The largest absolute Gasteiger partial charge is 0.479 e. The molecule has 1 heterocycles. The summed E-state index contributed by atoms with van der Waals surface area (Å²) in [6.07, 6.45) is 17.2. The van der Waals surface area contributed by atoms with E-state index >= 15 is 0 Å². The topological polar surface area (TPSA) is 79.2 Å². The number of ether oxygens (including phenoxy) is 2. The molecule has 178 valence electrons. The van der Waals surface area contributed by atoms with E-state index in [-0.39, 0.29) is 6.61 Å². The van der Waals surface area contributed by atoms with Crippen LogP contribution >= 0.6 is 12.2 Å². The van der Waals surface area contributed by atoms with E-state index in [1.807, 2.05) is 0 Å². The van der Waals surface area contributed by atoms with Crippen molar-refractivity contribution in [3.63, 3.8) is 0 Å². The standard InChI is InChI=1S/C24H46O5S/c1-2-3-4-5-6-7-8-9-10-11-12-13-14-15-16-17-22(30)29-21-19-28-24(23(21)27)20(26)18-25/h20-21,23-27H,2-19H2,1H3/t20-,21+,23+,24+/m1/s1. The van der Waals surface area contributed by atoms with Gasteiger partial charge < -0.3 is 24.8 Å². The van der Waals surface area contributed by atoms with Gasteiger partial charge in [0.2, 0.25) is 0 Å². The number of unbranched alkanes of at least 4 members (excludes halogenated alkanes) is 14. The molecule has 0 amide bonds. The predicted octanol–water partition coefficient (Wildman–Crippen LogP) is 5.07. The van der Waals surface area contributed by atoms with Crippen LogP contribution in [-0.4, -0.2) is 58.0 Å². The van der Waals surface area contributed by atoms with Gasteiger partial charge in [0.1, 0.15) is 18.3 Å². The van der Waals surface area contributed by atoms with E-state index in [9.17, 15) is 10.2 Å². The average molecular weight is 447 g/mol. The highest BCUT2D eigenvalue weighted by Gasteiger charge is 2.41. The molecule has 1 fully saturated rings. The van der Waals surface area contributed by atoms with Crippen molar-refractivity contribution < 1.29 is 24.8 Å². The average Bonchev–Trinajstić information content (AvgIpc) is 3.10. The lowest BCUT2D eigenvalue weighted by atomic mass is 10.0. The lowest BCUT2D eigenvalue weighted by Crippen LogP contribution is -2.41. The lowest BCUT2D eigenvalue weighted by Gasteiger charge is -2.21. The third-order valence-corrected chi connectivity index (χ3v) is 6.30. The molecule has 3 N–H and O–H groups in total. The van der Waals surface area contributed by atoms with Crippen molar-refractivity contribution in [3.8, 4) is 0 Å². The fourth-order valence-electron chi connectivity index (χ4n) is 4.03. The number of hydrogen-bond acceptors (Lipinski definition) is 6. The van der Waals surface area contributed by atoms with Crippen LogP contribution in [0, 0.1) is 0 Å². The maximum Gasteiger partial charge on any atom is 0.160 e.